The Morgan fingerprint density at radius 1 is 1.15 bits per heavy atom. The number of piperidine rings is 4. The largest absolute Gasteiger partial charge is 0.392 e. The molecule has 6 heterocycles. The average molecular weight is 455 g/mol. The highest BCUT2D eigenvalue weighted by Crippen LogP contribution is 2.71. The van der Waals surface area contributed by atoms with Crippen LogP contribution in [0.1, 0.15) is 44.6 Å². The lowest BCUT2D eigenvalue weighted by Crippen LogP contribution is -2.84. The van der Waals surface area contributed by atoms with Gasteiger partial charge in [0.05, 0.1) is 23.6 Å². The molecule has 33 heavy (non-hydrogen) atoms. The number of para-hydroxylation sites is 1. The second-order valence-electron chi connectivity index (χ2n) is 12.2. The third kappa shape index (κ3) is 2.33. The summed E-state index contributed by atoms with van der Waals surface area (Å²) in [6, 6.07) is 9.38. The first-order valence-electron chi connectivity index (χ1n) is 13.4. The van der Waals surface area contributed by atoms with Gasteiger partial charge in [-0.1, -0.05) is 25.1 Å². The molecule has 6 nitrogen and oxygen atoms in total. The minimum Gasteiger partial charge on any atom is -0.392 e. The van der Waals surface area contributed by atoms with Crippen LogP contribution >= 0.6 is 0 Å². The molecule has 1 saturated carbocycles. The van der Waals surface area contributed by atoms with Crippen LogP contribution in [0.3, 0.4) is 0 Å². The maximum atomic E-state index is 12.1. The lowest BCUT2D eigenvalue weighted by molar-refractivity contribution is -1.04. The van der Waals surface area contributed by atoms with E-state index in [9.17, 15) is 15.3 Å². The molecule has 7 aliphatic rings. The molecule has 1 aromatic rings. The lowest BCUT2D eigenvalue weighted by atomic mass is 9.60. The third-order valence-electron chi connectivity index (χ3n) is 11.3. The number of aliphatic hydroxyl groups excluding tert-OH is 3. The average Bonchev–Trinajstić information content (AvgIpc) is 3.45. The molecule has 11 atom stereocenters. The Morgan fingerprint density at radius 2 is 1.91 bits per heavy atom. The fourth-order valence-electron chi connectivity index (χ4n) is 10.4. The van der Waals surface area contributed by atoms with E-state index in [1.165, 1.54) is 24.1 Å². The molecule has 1 spiro atoms. The van der Waals surface area contributed by atoms with E-state index < -0.39 is 12.3 Å². The Morgan fingerprint density at radius 3 is 2.67 bits per heavy atom. The van der Waals surface area contributed by atoms with Crippen LogP contribution < -0.4 is 4.90 Å². The van der Waals surface area contributed by atoms with Crippen molar-refractivity contribution in [1.29, 1.82) is 0 Å². The van der Waals surface area contributed by atoms with Crippen molar-refractivity contribution in [3.63, 3.8) is 0 Å². The van der Waals surface area contributed by atoms with Gasteiger partial charge in [-0.2, -0.15) is 0 Å². The molecule has 6 heteroatoms. The van der Waals surface area contributed by atoms with Crippen molar-refractivity contribution in [2.24, 2.45) is 17.8 Å². The van der Waals surface area contributed by atoms with Crippen molar-refractivity contribution in [3.05, 3.63) is 29.8 Å². The Labute approximate surface area is 197 Å². The number of likely N-dealkylation sites (N-methyl/N-ethyl adjacent to an activating group) is 1. The number of fused-ring (bicyclic) bond motifs is 2. The number of quaternary nitrogens is 1. The van der Waals surface area contributed by atoms with E-state index in [0.717, 1.165) is 32.4 Å². The van der Waals surface area contributed by atoms with Gasteiger partial charge in [-0.3, -0.25) is 4.48 Å². The SMILES string of the molecule is CC[C@H]1C2C[C@H]3[C@@H]4N(C)c5ccccc5C45C[C@@H](C2C5O)[N+]3(CC(O)CN2CCCC2)[C@@H]1O. The van der Waals surface area contributed by atoms with Crippen molar-refractivity contribution in [2.45, 2.75) is 81.0 Å². The Bertz CT molecular complexity index is 952. The number of β-amino-alcohol motifs (C(OH)–C–C–N with tert-alkyl or cyclic N) is 1. The number of likely N-dealkylation sites (tertiary alicyclic amines) is 1. The van der Waals surface area contributed by atoms with E-state index >= 15 is 0 Å². The topological polar surface area (TPSA) is 67.2 Å². The van der Waals surface area contributed by atoms with Crippen LogP contribution in [0, 0.1) is 17.8 Å². The minimum absolute atomic E-state index is 0.183. The highest BCUT2D eigenvalue weighted by molar-refractivity contribution is 5.66. The molecule has 8 rings (SSSR count). The van der Waals surface area contributed by atoms with Crippen LogP contribution in [0.4, 0.5) is 5.69 Å². The van der Waals surface area contributed by atoms with Gasteiger partial charge in [-0.15, -0.1) is 0 Å². The fraction of sp³-hybridized carbons (Fsp3) is 0.778. The molecule has 1 aliphatic carbocycles. The van der Waals surface area contributed by atoms with Gasteiger partial charge in [0.1, 0.15) is 18.7 Å². The van der Waals surface area contributed by atoms with Gasteiger partial charge >= 0.3 is 0 Å². The maximum absolute atomic E-state index is 12.1. The van der Waals surface area contributed by atoms with Crippen LogP contribution in [-0.2, 0) is 5.41 Å². The molecule has 6 aliphatic heterocycles. The fourth-order valence-corrected chi connectivity index (χ4v) is 10.4. The molecule has 5 bridgehead atoms. The predicted molar refractivity (Wildman–Crippen MR) is 127 cm³/mol. The third-order valence-corrected chi connectivity index (χ3v) is 11.3. The molecule has 0 radical (unpaired) electrons. The van der Waals surface area contributed by atoms with Crippen LogP contribution in [0.15, 0.2) is 24.3 Å². The van der Waals surface area contributed by atoms with Gasteiger partial charge in [0.2, 0.25) is 0 Å². The maximum Gasteiger partial charge on any atom is 0.194 e. The van der Waals surface area contributed by atoms with E-state index in [-0.39, 0.29) is 41.5 Å². The van der Waals surface area contributed by atoms with Crippen LogP contribution in [0.2, 0.25) is 0 Å². The molecule has 0 aromatic heterocycles. The smallest absolute Gasteiger partial charge is 0.194 e. The lowest BCUT2D eigenvalue weighted by Gasteiger charge is -2.68. The summed E-state index contributed by atoms with van der Waals surface area (Å²) in [5.41, 5.74) is 2.34. The van der Waals surface area contributed by atoms with Crippen molar-refractivity contribution in [3.8, 4) is 0 Å². The standard InChI is InChI=1S/C27H40N3O3/c1-3-17-18-12-21-24-27(19-8-4-5-9-20(19)28(24)2)13-22(23(18)25(27)32)30(21,26(17)33)15-16(31)14-29-10-6-7-11-29/h4-5,8-9,16-18,21-26,31-33H,3,6-7,10-15H2,1-2H3/q+1/t16?,17-,18?,21-,22-,23?,24-,25?,26+,27?,30?/m0/s1. The molecule has 6 fully saturated rings. The number of benzene rings is 1. The zero-order chi connectivity index (χ0) is 22.7. The van der Waals surface area contributed by atoms with Gasteiger partial charge in [0.25, 0.3) is 0 Å². The summed E-state index contributed by atoms with van der Waals surface area (Å²) in [6.45, 7) is 5.70. The first-order valence-corrected chi connectivity index (χ1v) is 13.4. The van der Waals surface area contributed by atoms with Crippen LogP contribution in [-0.4, -0.2) is 94.5 Å². The summed E-state index contributed by atoms with van der Waals surface area (Å²) in [4.78, 5) is 4.83. The quantitative estimate of drug-likeness (QED) is 0.589. The summed E-state index contributed by atoms with van der Waals surface area (Å²) < 4.78 is 0.622. The predicted octanol–water partition coefficient (Wildman–Crippen LogP) is 1.53. The van der Waals surface area contributed by atoms with Gasteiger partial charge in [0, 0.05) is 44.0 Å². The number of nitrogens with zero attached hydrogens (tertiary/aromatic N) is 3. The van der Waals surface area contributed by atoms with Crippen molar-refractivity contribution < 1.29 is 19.8 Å². The van der Waals surface area contributed by atoms with Gasteiger partial charge in [0.15, 0.2) is 6.23 Å². The number of anilines is 1. The highest BCUT2D eigenvalue weighted by Gasteiger charge is 2.83. The Hall–Kier alpha value is -1.18. The molecule has 1 aromatic carbocycles. The molecule has 6 unspecified atom stereocenters. The molecule has 0 amide bonds. The zero-order valence-electron chi connectivity index (χ0n) is 20.1. The van der Waals surface area contributed by atoms with E-state index in [2.05, 4.69) is 48.0 Å². The molecule has 5 saturated heterocycles. The van der Waals surface area contributed by atoms with Gasteiger partial charge in [-0.05, 0) is 49.9 Å². The Balaban J connectivity index is 1.35. The number of aliphatic hydroxyl groups is 3. The zero-order valence-corrected chi connectivity index (χ0v) is 20.1. The van der Waals surface area contributed by atoms with Crippen LogP contribution in [0.5, 0.6) is 0 Å². The van der Waals surface area contributed by atoms with E-state index in [1.807, 2.05) is 0 Å². The van der Waals surface area contributed by atoms with Crippen molar-refractivity contribution in [1.82, 2.24) is 4.90 Å². The van der Waals surface area contributed by atoms with Gasteiger partial charge < -0.3 is 25.1 Å². The van der Waals surface area contributed by atoms with E-state index in [1.54, 1.807) is 0 Å². The molecular weight excluding hydrogens is 414 g/mol. The monoisotopic (exact) mass is 454 g/mol. The molecular formula is C27H40N3O3+. The van der Waals surface area contributed by atoms with Crippen molar-refractivity contribution in [2.75, 3.05) is 38.1 Å². The Kier molecular flexibility index (Phi) is 4.45. The number of hydrogen-bond donors (Lipinski definition) is 3. The first kappa shape index (κ1) is 21.1. The summed E-state index contributed by atoms with van der Waals surface area (Å²) >= 11 is 0. The number of hydrogen-bond acceptors (Lipinski definition) is 5. The normalized spacial score (nSPS) is 50.2. The van der Waals surface area contributed by atoms with E-state index in [0.29, 0.717) is 23.5 Å². The van der Waals surface area contributed by atoms with Crippen molar-refractivity contribution >= 4 is 5.69 Å². The summed E-state index contributed by atoms with van der Waals surface area (Å²) in [6.07, 6.45) is 4.15. The summed E-state index contributed by atoms with van der Waals surface area (Å²) in [5.74, 6) is 0.820. The second-order valence-corrected chi connectivity index (χ2v) is 12.2. The van der Waals surface area contributed by atoms with Crippen LogP contribution in [0.25, 0.3) is 0 Å². The number of rotatable bonds is 5. The molecule has 180 valence electrons. The minimum atomic E-state index is -0.438. The first-order chi connectivity index (χ1) is 15.9. The molecule has 3 N–H and O–H groups in total. The van der Waals surface area contributed by atoms with Gasteiger partial charge in [-0.25, -0.2) is 0 Å². The summed E-state index contributed by atoms with van der Waals surface area (Å²) in [7, 11) is 2.20. The highest BCUT2D eigenvalue weighted by atomic mass is 16.3. The van der Waals surface area contributed by atoms with E-state index in [4.69, 9.17) is 0 Å². The second kappa shape index (κ2) is 6.94. The summed E-state index contributed by atoms with van der Waals surface area (Å²) in [5, 5.41) is 35.5.